The van der Waals surface area contributed by atoms with Crippen molar-refractivity contribution in [3.8, 4) is 0 Å². The van der Waals surface area contributed by atoms with E-state index in [-0.39, 0.29) is 0 Å². The predicted octanol–water partition coefficient (Wildman–Crippen LogP) is 3.66. The maximum Gasteiger partial charge on any atom is 0.0934 e. The number of nitrogens with zero attached hydrogens (tertiary/aromatic N) is 1. The Labute approximate surface area is 113 Å². The Morgan fingerprint density at radius 3 is 2.71 bits per heavy atom. The Balaban J connectivity index is 2.27. The molecule has 0 aliphatic carbocycles. The van der Waals surface area contributed by atoms with Gasteiger partial charge in [-0.2, -0.15) is 0 Å². The van der Waals surface area contributed by atoms with E-state index < -0.39 is 5.60 Å². The summed E-state index contributed by atoms with van der Waals surface area (Å²) in [5.41, 5.74) is 0.930. The van der Waals surface area contributed by atoms with Crippen LogP contribution in [0, 0.1) is 6.92 Å². The van der Waals surface area contributed by atoms with E-state index >= 15 is 0 Å². The zero-order valence-corrected chi connectivity index (χ0v) is 12.2. The van der Waals surface area contributed by atoms with E-state index in [2.05, 4.69) is 20.9 Å². The number of aromatic nitrogens is 1. The van der Waals surface area contributed by atoms with Crippen molar-refractivity contribution in [1.29, 1.82) is 0 Å². The normalized spacial score (nSPS) is 14.6. The summed E-state index contributed by atoms with van der Waals surface area (Å²) in [5.74, 6) is 0. The van der Waals surface area contributed by atoms with Crippen LogP contribution in [0.1, 0.15) is 23.2 Å². The standard InChI is InChI=1S/C13H14BrNOS/c1-9-15-10(8-17-9)7-13(2,16)11-5-3-4-6-12(11)14/h3-6,8,16H,7H2,1-2H3. The summed E-state index contributed by atoms with van der Waals surface area (Å²) < 4.78 is 0.928. The number of hydrogen-bond donors (Lipinski definition) is 1. The third-order valence-electron chi connectivity index (χ3n) is 2.65. The first kappa shape index (κ1) is 12.7. The van der Waals surface area contributed by atoms with Crippen molar-refractivity contribution >= 4 is 27.3 Å². The van der Waals surface area contributed by atoms with Crippen molar-refractivity contribution in [3.63, 3.8) is 0 Å². The fourth-order valence-corrected chi connectivity index (χ4v) is 3.16. The lowest BCUT2D eigenvalue weighted by molar-refractivity contribution is 0.0560. The Bertz CT molecular complexity index is 522. The van der Waals surface area contributed by atoms with Crippen LogP contribution >= 0.6 is 27.3 Å². The molecule has 0 fully saturated rings. The molecule has 1 aromatic carbocycles. The van der Waals surface area contributed by atoms with Crippen molar-refractivity contribution in [2.75, 3.05) is 0 Å². The zero-order valence-electron chi connectivity index (χ0n) is 9.77. The third-order valence-corrected chi connectivity index (χ3v) is 4.16. The highest BCUT2D eigenvalue weighted by molar-refractivity contribution is 9.10. The average Bonchev–Trinajstić information content (AvgIpc) is 2.63. The monoisotopic (exact) mass is 311 g/mol. The Kier molecular flexibility index (Phi) is 3.66. The van der Waals surface area contributed by atoms with Crippen molar-refractivity contribution in [3.05, 3.63) is 50.4 Å². The van der Waals surface area contributed by atoms with E-state index in [1.54, 1.807) is 11.3 Å². The number of thiazole rings is 1. The van der Waals surface area contributed by atoms with Gasteiger partial charge in [0.25, 0.3) is 0 Å². The molecule has 2 rings (SSSR count). The van der Waals surface area contributed by atoms with Crippen LogP contribution in [0.3, 0.4) is 0 Å². The van der Waals surface area contributed by atoms with Gasteiger partial charge >= 0.3 is 0 Å². The summed E-state index contributed by atoms with van der Waals surface area (Å²) in [6.07, 6.45) is 0.528. The number of aryl methyl sites for hydroxylation is 1. The number of halogens is 1. The van der Waals surface area contributed by atoms with Gasteiger partial charge in [0, 0.05) is 16.3 Å². The lowest BCUT2D eigenvalue weighted by Crippen LogP contribution is -2.25. The molecule has 1 atom stereocenters. The molecule has 1 N–H and O–H groups in total. The quantitative estimate of drug-likeness (QED) is 0.938. The van der Waals surface area contributed by atoms with Gasteiger partial charge in [-0.25, -0.2) is 4.98 Å². The van der Waals surface area contributed by atoms with Crippen LogP contribution < -0.4 is 0 Å². The van der Waals surface area contributed by atoms with Crippen molar-refractivity contribution < 1.29 is 5.11 Å². The second kappa shape index (κ2) is 4.88. The molecule has 90 valence electrons. The van der Waals surface area contributed by atoms with Gasteiger partial charge in [0.05, 0.1) is 16.3 Å². The van der Waals surface area contributed by atoms with Gasteiger partial charge in [-0.05, 0) is 25.5 Å². The molecular weight excluding hydrogens is 298 g/mol. The number of rotatable bonds is 3. The van der Waals surface area contributed by atoms with Crippen LogP contribution in [0.25, 0.3) is 0 Å². The van der Waals surface area contributed by atoms with E-state index in [0.29, 0.717) is 6.42 Å². The van der Waals surface area contributed by atoms with Crippen LogP contribution in [-0.2, 0) is 12.0 Å². The fraction of sp³-hybridized carbons (Fsp3) is 0.308. The van der Waals surface area contributed by atoms with Gasteiger partial charge < -0.3 is 5.11 Å². The van der Waals surface area contributed by atoms with Crippen LogP contribution in [0.2, 0.25) is 0 Å². The fourth-order valence-electron chi connectivity index (χ4n) is 1.84. The van der Waals surface area contributed by atoms with Gasteiger partial charge in [0.15, 0.2) is 0 Å². The molecule has 0 aliphatic rings. The summed E-state index contributed by atoms with van der Waals surface area (Å²) in [5, 5.41) is 13.6. The zero-order chi connectivity index (χ0) is 12.5. The third kappa shape index (κ3) is 2.94. The van der Waals surface area contributed by atoms with Crippen LogP contribution in [0.15, 0.2) is 34.1 Å². The minimum absolute atomic E-state index is 0.528. The predicted molar refractivity (Wildman–Crippen MR) is 74.3 cm³/mol. The topological polar surface area (TPSA) is 33.1 Å². The van der Waals surface area contributed by atoms with Gasteiger partial charge in [0.2, 0.25) is 0 Å². The molecule has 2 nitrogen and oxygen atoms in total. The van der Waals surface area contributed by atoms with Gasteiger partial charge in [0.1, 0.15) is 0 Å². The highest BCUT2D eigenvalue weighted by Gasteiger charge is 2.26. The molecular formula is C13H14BrNOS. The van der Waals surface area contributed by atoms with Gasteiger partial charge in [-0.15, -0.1) is 11.3 Å². The van der Waals surface area contributed by atoms with Gasteiger partial charge in [-0.1, -0.05) is 34.1 Å². The lowest BCUT2D eigenvalue weighted by Gasteiger charge is -2.24. The van der Waals surface area contributed by atoms with E-state index in [9.17, 15) is 5.11 Å². The molecule has 1 aromatic heterocycles. The smallest absolute Gasteiger partial charge is 0.0934 e. The van der Waals surface area contributed by atoms with Crippen LogP contribution in [0.4, 0.5) is 0 Å². The van der Waals surface area contributed by atoms with E-state index in [4.69, 9.17) is 0 Å². The number of benzene rings is 1. The molecule has 1 heterocycles. The molecule has 0 saturated carbocycles. The second-order valence-corrected chi connectivity index (χ2v) is 6.20. The van der Waals surface area contributed by atoms with Crippen molar-refractivity contribution in [2.24, 2.45) is 0 Å². The molecule has 0 saturated heterocycles. The van der Waals surface area contributed by atoms with Crippen molar-refractivity contribution in [1.82, 2.24) is 4.98 Å². The summed E-state index contributed by atoms with van der Waals surface area (Å²) >= 11 is 5.08. The summed E-state index contributed by atoms with van der Waals surface area (Å²) in [4.78, 5) is 4.39. The van der Waals surface area contributed by atoms with Crippen LogP contribution in [0.5, 0.6) is 0 Å². The minimum atomic E-state index is -0.902. The highest BCUT2D eigenvalue weighted by Crippen LogP contribution is 2.31. The Morgan fingerprint density at radius 1 is 1.41 bits per heavy atom. The second-order valence-electron chi connectivity index (χ2n) is 4.29. The van der Waals surface area contributed by atoms with E-state index in [1.165, 1.54) is 0 Å². The first-order valence-corrected chi connectivity index (χ1v) is 7.05. The molecule has 0 aliphatic heterocycles. The number of aliphatic hydroxyl groups is 1. The SMILES string of the molecule is Cc1nc(CC(C)(O)c2ccccc2Br)cs1. The van der Waals surface area contributed by atoms with Crippen molar-refractivity contribution in [2.45, 2.75) is 25.9 Å². The molecule has 1 unspecified atom stereocenters. The molecule has 0 amide bonds. The molecule has 0 spiro atoms. The lowest BCUT2D eigenvalue weighted by atomic mass is 9.91. The minimum Gasteiger partial charge on any atom is -0.385 e. The summed E-state index contributed by atoms with van der Waals surface area (Å²) in [6, 6.07) is 7.75. The Morgan fingerprint density at radius 2 is 2.12 bits per heavy atom. The maximum absolute atomic E-state index is 10.6. The molecule has 4 heteroatoms. The molecule has 0 bridgehead atoms. The van der Waals surface area contributed by atoms with Gasteiger partial charge in [-0.3, -0.25) is 0 Å². The molecule has 17 heavy (non-hydrogen) atoms. The first-order valence-electron chi connectivity index (χ1n) is 5.37. The largest absolute Gasteiger partial charge is 0.385 e. The summed E-state index contributed by atoms with van der Waals surface area (Å²) in [7, 11) is 0. The van der Waals surface area contributed by atoms with E-state index in [0.717, 1.165) is 20.7 Å². The average molecular weight is 312 g/mol. The number of hydrogen-bond acceptors (Lipinski definition) is 3. The summed E-state index contributed by atoms with van der Waals surface area (Å²) in [6.45, 7) is 3.79. The first-order chi connectivity index (χ1) is 7.99. The molecule has 2 aromatic rings. The van der Waals surface area contributed by atoms with E-state index in [1.807, 2.05) is 43.5 Å². The maximum atomic E-state index is 10.6. The molecule has 0 radical (unpaired) electrons. The highest BCUT2D eigenvalue weighted by atomic mass is 79.9. The Hall–Kier alpha value is -0.710. The van der Waals surface area contributed by atoms with Crippen LogP contribution in [-0.4, -0.2) is 10.1 Å².